The molecule has 2 aliphatic carbocycles. The van der Waals surface area contributed by atoms with Gasteiger partial charge in [-0.2, -0.15) is 5.10 Å². The summed E-state index contributed by atoms with van der Waals surface area (Å²) in [5, 5.41) is 18.2. The number of rotatable bonds is 11. The number of aryl methyl sites for hydroxylation is 1. The Morgan fingerprint density at radius 2 is 1.91 bits per heavy atom. The number of nitrogens with one attached hydrogen (secondary N) is 1. The van der Waals surface area contributed by atoms with Crippen LogP contribution in [0, 0.1) is 31.6 Å². The number of nitrogens with two attached hydrogens (primary N) is 1. The second kappa shape index (κ2) is 9.79. The summed E-state index contributed by atoms with van der Waals surface area (Å²) in [6, 6.07) is 2.11. The maximum Gasteiger partial charge on any atom is 0.241 e. The number of hydrogen-bond donors (Lipinski definition) is 3. The van der Waals surface area contributed by atoms with Gasteiger partial charge in [0.25, 0.3) is 0 Å². The van der Waals surface area contributed by atoms with E-state index in [0.717, 1.165) is 23.0 Å². The first kappa shape index (κ1) is 24.9. The third-order valence-corrected chi connectivity index (χ3v) is 8.72. The van der Waals surface area contributed by atoms with Gasteiger partial charge in [-0.3, -0.25) is 9.78 Å². The van der Waals surface area contributed by atoms with E-state index in [-0.39, 0.29) is 17.6 Å². The highest BCUT2D eigenvalue weighted by Gasteiger charge is 2.46. The van der Waals surface area contributed by atoms with Crippen LogP contribution in [-0.4, -0.2) is 46.5 Å². The molecule has 8 nitrogen and oxygen atoms in total. The number of carbonyl (C=O) groups is 1. The predicted molar refractivity (Wildman–Crippen MR) is 136 cm³/mol. The summed E-state index contributed by atoms with van der Waals surface area (Å²) in [6.45, 7) is 11.9. The second-order valence-corrected chi connectivity index (χ2v) is 16.9. The van der Waals surface area contributed by atoms with Gasteiger partial charge in [0.2, 0.25) is 5.91 Å². The molecule has 2 aromatic rings. The van der Waals surface area contributed by atoms with E-state index < -0.39 is 14.1 Å². The van der Waals surface area contributed by atoms with Crippen LogP contribution in [0.15, 0.2) is 12.3 Å². The molecular formula is C25H39N5O3Si. The third kappa shape index (κ3) is 5.87. The Labute approximate surface area is 203 Å². The number of hydrogen-bond acceptors (Lipinski definition) is 6. The zero-order valence-electron chi connectivity index (χ0n) is 21.1. The van der Waals surface area contributed by atoms with Crippen molar-refractivity contribution in [2.45, 2.75) is 78.0 Å². The maximum atomic E-state index is 12.8. The van der Waals surface area contributed by atoms with Gasteiger partial charge < -0.3 is 20.9 Å². The van der Waals surface area contributed by atoms with Crippen molar-refractivity contribution in [3.8, 4) is 17.0 Å². The SMILES string of the molecule is Cc1nn(COCC[Si](C)(C)C)c(C)c1-c1ncc(NC(=O)[C@@H](N)C(C2CC2)C2CC2)cc1O. The fourth-order valence-electron chi connectivity index (χ4n) is 4.74. The Morgan fingerprint density at radius 3 is 2.47 bits per heavy atom. The van der Waals surface area contributed by atoms with E-state index >= 15 is 0 Å². The minimum atomic E-state index is -1.15. The number of aromatic nitrogens is 3. The van der Waals surface area contributed by atoms with E-state index in [1.165, 1.54) is 31.7 Å². The van der Waals surface area contributed by atoms with Gasteiger partial charge in [0.15, 0.2) is 0 Å². The normalized spacial score (nSPS) is 17.3. The lowest BCUT2D eigenvalue weighted by molar-refractivity contribution is -0.118. The van der Waals surface area contributed by atoms with Crippen molar-refractivity contribution in [2.24, 2.45) is 23.5 Å². The summed E-state index contributed by atoms with van der Waals surface area (Å²) in [5.74, 6) is 1.24. The van der Waals surface area contributed by atoms with E-state index in [1.54, 1.807) is 10.9 Å². The summed E-state index contributed by atoms with van der Waals surface area (Å²) in [5.41, 5.74) is 9.67. The highest BCUT2D eigenvalue weighted by atomic mass is 28.3. The molecule has 0 spiro atoms. The molecule has 0 aromatic carbocycles. The smallest absolute Gasteiger partial charge is 0.241 e. The van der Waals surface area contributed by atoms with Gasteiger partial charge in [0, 0.05) is 32.0 Å². The Balaban J connectivity index is 1.42. The molecule has 0 saturated heterocycles. The molecule has 0 bridgehead atoms. The van der Waals surface area contributed by atoms with E-state index in [9.17, 15) is 9.90 Å². The van der Waals surface area contributed by atoms with Crippen molar-refractivity contribution < 1.29 is 14.6 Å². The molecule has 2 aromatic heterocycles. The molecular weight excluding hydrogens is 446 g/mol. The molecule has 2 heterocycles. The van der Waals surface area contributed by atoms with Crippen LogP contribution < -0.4 is 11.1 Å². The number of anilines is 1. The van der Waals surface area contributed by atoms with Crippen LogP contribution >= 0.6 is 0 Å². The van der Waals surface area contributed by atoms with Gasteiger partial charge in [-0.05, 0) is 63.3 Å². The quantitative estimate of drug-likeness (QED) is 0.323. The Bertz CT molecular complexity index is 1030. The number of ether oxygens (including phenoxy) is 1. The van der Waals surface area contributed by atoms with E-state index in [2.05, 4.69) is 35.0 Å². The third-order valence-electron chi connectivity index (χ3n) is 7.01. The molecule has 1 amide bonds. The summed E-state index contributed by atoms with van der Waals surface area (Å²) < 4.78 is 7.66. The molecule has 2 saturated carbocycles. The van der Waals surface area contributed by atoms with Crippen molar-refractivity contribution in [1.82, 2.24) is 14.8 Å². The first-order chi connectivity index (χ1) is 16.0. The summed E-state index contributed by atoms with van der Waals surface area (Å²) in [4.78, 5) is 17.3. The number of aromatic hydroxyl groups is 1. The molecule has 2 fully saturated rings. The van der Waals surface area contributed by atoms with Crippen LogP contribution in [0.3, 0.4) is 0 Å². The fourth-order valence-corrected chi connectivity index (χ4v) is 5.50. The number of amides is 1. The van der Waals surface area contributed by atoms with Gasteiger partial charge in [-0.1, -0.05) is 19.6 Å². The average molecular weight is 486 g/mol. The molecule has 186 valence electrons. The number of carbonyl (C=O) groups excluding carboxylic acids is 1. The van der Waals surface area contributed by atoms with Crippen LogP contribution in [0.5, 0.6) is 5.75 Å². The zero-order chi connectivity index (χ0) is 24.6. The first-order valence-electron chi connectivity index (χ1n) is 12.4. The lowest BCUT2D eigenvalue weighted by Gasteiger charge is -2.22. The lowest BCUT2D eigenvalue weighted by Crippen LogP contribution is -2.43. The first-order valence-corrected chi connectivity index (χ1v) is 16.1. The van der Waals surface area contributed by atoms with Crippen LogP contribution in [0.25, 0.3) is 11.3 Å². The van der Waals surface area contributed by atoms with Crippen molar-refractivity contribution in [3.05, 3.63) is 23.7 Å². The van der Waals surface area contributed by atoms with Crippen LogP contribution in [0.1, 0.15) is 37.1 Å². The van der Waals surface area contributed by atoms with Gasteiger partial charge in [0.05, 0.1) is 23.6 Å². The van der Waals surface area contributed by atoms with Crippen molar-refractivity contribution in [3.63, 3.8) is 0 Å². The van der Waals surface area contributed by atoms with E-state index in [0.29, 0.717) is 36.6 Å². The van der Waals surface area contributed by atoms with E-state index in [4.69, 9.17) is 10.5 Å². The predicted octanol–water partition coefficient (Wildman–Crippen LogP) is 4.28. The molecule has 1 atom stereocenters. The summed E-state index contributed by atoms with van der Waals surface area (Å²) in [6.07, 6.45) is 6.28. The molecule has 4 N–H and O–H groups in total. The summed E-state index contributed by atoms with van der Waals surface area (Å²) in [7, 11) is -1.15. The van der Waals surface area contributed by atoms with Crippen molar-refractivity contribution in [2.75, 3.05) is 11.9 Å². The van der Waals surface area contributed by atoms with Crippen LogP contribution in [0.4, 0.5) is 5.69 Å². The Morgan fingerprint density at radius 1 is 1.26 bits per heavy atom. The molecule has 9 heteroatoms. The van der Waals surface area contributed by atoms with Gasteiger partial charge in [-0.25, -0.2) is 4.68 Å². The van der Waals surface area contributed by atoms with Gasteiger partial charge in [0.1, 0.15) is 18.2 Å². The summed E-state index contributed by atoms with van der Waals surface area (Å²) >= 11 is 0. The highest BCUT2D eigenvalue weighted by Crippen LogP contribution is 2.50. The fraction of sp³-hybridized carbons (Fsp3) is 0.640. The molecule has 2 aliphatic rings. The van der Waals surface area contributed by atoms with E-state index in [1.807, 2.05) is 13.8 Å². The second-order valence-electron chi connectivity index (χ2n) is 11.3. The van der Waals surface area contributed by atoms with Crippen molar-refractivity contribution in [1.29, 1.82) is 0 Å². The lowest BCUT2D eigenvalue weighted by atomic mass is 9.89. The molecule has 0 unspecified atom stereocenters. The average Bonchev–Trinajstić information content (AvgIpc) is 3.67. The number of pyridine rings is 1. The Hall–Kier alpha value is -2.23. The maximum absolute atomic E-state index is 12.8. The Kier molecular flexibility index (Phi) is 7.16. The van der Waals surface area contributed by atoms with Crippen LogP contribution in [0.2, 0.25) is 25.7 Å². The molecule has 0 aliphatic heterocycles. The zero-order valence-corrected chi connectivity index (χ0v) is 22.1. The van der Waals surface area contributed by atoms with Gasteiger partial charge >= 0.3 is 0 Å². The standard InChI is InChI=1S/C25H39N5O3Si/c1-15-21(16(2)30(29-15)14-33-10-11-34(3,4)5)24-20(31)12-19(13-27-24)28-25(32)23(26)22(17-6-7-17)18-8-9-18/h12-13,17-18,22-23,31H,6-11,14,26H2,1-5H3,(H,28,32)/t23-/m0/s1. The number of nitrogens with zero attached hydrogens (tertiary/aromatic N) is 3. The largest absolute Gasteiger partial charge is 0.506 e. The van der Waals surface area contributed by atoms with Gasteiger partial charge in [-0.15, -0.1) is 0 Å². The van der Waals surface area contributed by atoms with Crippen molar-refractivity contribution >= 4 is 19.7 Å². The monoisotopic (exact) mass is 485 g/mol. The van der Waals surface area contributed by atoms with Crippen LogP contribution in [-0.2, 0) is 16.3 Å². The molecule has 34 heavy (non-hydrogen) atoms. The topological polar surface area (TPSA) is 115 Å². The molecule has 0 radical (unpaired) electrons. The molecule has 4 rings (SSSR count). The highest BCUT2D eigenvalue weighted by molar-refractivity contribution is 6.76. The minimum Gasteiger partial charge on any atom is -0.506 e. The minimum absolute atomic E-state index is 0.00212.